The van der Waals surface area contributed by atoms with Crippen molar-refractivity contribution < 1.29 is 13.9 Å². The van der Waals surface area contributed by atoms with Crippen LogP contribution in [0.4, 0.5) is 4.39 Å². The van der Waals surface area contributed by atoms with E-state index in [4.69, 9.17) is 9.47 Å². The third kappa shape index (κ3) is 7.60. The highest BCUT2D eigenvalue weighted by Crippen LogP contribution is 2.18. The average molecular weight is 365 g/mol. The molecule has 5 nitrogen and oxygen atoms in total. The lowest BCUT2D eigenvalue weighted by molar-refractivity contribution is 0.0625. The predicted molar refractivity (Wildman–Crippen MR) is 103 cm³/mol. The first-order valence-electron chi connectivity index (χ1n) is 9.64. The van der Waals surface area contributed by atoms with Crippen LogP contribution in [0, 0.1) is 11.7 Å². The summed E-state index contributed by atoms with van der Waals surface area (Å²) in [6.07, 6.45) is 4.34. The smallest absolute Gasteiger partial charge is 0.193 e. The molecule has 0 aliphatic carbocycles. The summed E-state index contributed by atoms with van der Waals surface area (Å²) >= 11 is 0. The summed E-state index contributed by atoms with van der Waals surface area (Å²) in [4.78, 5) is 6.90. The number of ether oxygens (including phenoxy) is 2. The Labute approximate surface area is 156 Å². The molecule has 1 aromatic carbocycles. The number of benzene rings is 1. The zero-order valence-electron chi connectivity index (χ0n) is 16.0. The molecule has 2 rings (SSSR count). The summed E-state index contributed by atoms with van der Waals surface area (Å²) in [6, 6.07) is 6.10. The minimum Gasteiger partial charge on any atom is -0.494 e. The maximum atomic E-state index is 12.9. The van der Waals surface area contributed by atoms with E-state index in [0.29, 0.717) is 18.9 Å². The van der Waals surface area contributed by atoms with Gasteiger partial charge in [-0.3, -0.25) is 4.99 Å². The molecule has 0 amide bonds. The van der Waals surface area contributed by atoms with Crippen LogP contribution in [0.5, 0.6) is 5.75 Å². The van der Waals surface area contributed by atoms with Gasteiger partial charge in [-0.25, -0.2) is 4.39 Å². The van der Waals surface area contributed by atoms with Crippen LogP contribution in [-0.2, 0) is 4.74 Å². The van der Waals surface area contributed by atoms with Gasteiger partial charge in [0.1, 0.15) is 11.6 Å². The summed E-state index contributed by atoms with van der Waals surface area (Å²) < 4.78 is 23.9. The summed E-state index contributed by atoms with van der Waals surface area (Å²) in [6.45, 7) is 7.01. The SMILES string of the molecule is CCNC(=NCCCOc1ccc(F)cc1)N(C)CCC1CCOCC1. The molecule has 26 heavy (non-hydrogen) atoms. The van der Waals surface area contributed by atoms with Gasteiger partial charge >= 0.3 is 0 Å². The number of nitrogens with one attached hydrogen (secondary N) is 1. The lowest BCUT2D eigenvalue weighted by atomic mass is 9.96. The van der Waals surface area contributed by atoms with Crippen LogP contribution in [0.2, 0.25) is 0 Å². The zero-order chi connectivity index (χ0) is 18.6. The minimum atomic E-state index is -0.249. The second-order valence-corrected chi connectivity index (χ2v) is 6.66. The second kappa shape index (κ2) is 11.7. The van der Waals surface area contributed by atoms with Gasteiger partial charge in [0.15, 0.2) is 5.96 Å². The normalized spacial score (nSPS) is 15.7. The van der Waals surface area contributed by atoms with E-state index in [2.05, 4.69) is 29.2 Å². The number of hydrogen-bond donors (Lipinski definition) is 1. The minimum absolute atomic E-state index is 0.249. The van der Waals surface area contributed by atoms with Crippen molar-refractivity contribution in [2.45, 2.75) is 32.6 Å². The number of guanidine groups is 1. The van der Waals surface area contributed by atoms with Gasteiger partial charge in [-0.05, 0) is 56.4 Å². The topological polar surface area (TPSA) is 46.1 Å². The number of rotatable bonds is 9. The molecule has 1 aromatic rings. The first kappa shape index (κ1) is 20.5. The van der Waals surface area contributed by atoms with Crippen LogP contribution in [-0.4, -0.2) is 57.4 Å². The Balaban J connectivity index is 1.69. The summed E-state index contributed by atoms with van der Waals surface area (Å²) in [7, 11) is 2.09. The Morgan fingerprint density at radius 1 is 1.31 bits per heavy atom. The van der Waals surface area contributed by atoms with Crippen LogP contribution in [0.3, 0.4) is 0 Å². The van der Waals surface area contributed by atoms with Crippen LogP contribution in [0.1, 0.15) is 32.6 Å². The number of aliphatic imine (C=N–C) groups is 1. The molecule has 1 N–H and O–H groups in total. The van der Waals surface area contributed by atoms with Crippen molar-refractivity contribution in [3.63, 3.8) is 0 Å². The maximum Gasteiger partial charge on any atom is 0.193 e. The first-order chi connectivity index (χ1) is 12.7. The highest BCUT2D eigenvalue weighted by molar-refractivity contribution is 5.79. The third-order valence-electron chi connectivity index (χ3n) is 4.56. The second-order valence-electron chi connectivity index (χ2n) is 6.66. The molecule has 0 aromatic heterocycles. The van der Waals surface area contributed by atoms with Gasteiger partial charge < -0.3 is 19.7 Å². The standard InChI is InChI=1S/C20H32FN3O2/c1-3-22-20(24(2)13-9-17-10-15-25-16-11-17)23-12-4-14-26-19-7-5-18(21)6-8-19/h5-8,17H,3-4,9-16H2,1-2H3,(H,22,23). The molecule has 6 heteroatoms. The molecule has 0 radical (unpaired) electrons. The quantitative estimate of drug-likeness (QED) is 0.414. The molecule has 0 bridgehead atoms. The third-order valence-corrected chi connectivity index (χ3v) is 4.56. The molecule has 1 fully saturated rings. The molecule has 1 heterocycles. The molecule has 1 aliphatic heterocycles. The lowest BCUT2D eigenvalue weighted by Crippen LogP contribution is -2.40. The van der Waals surface area contributed by atoms with Gasteiger partial charge in [0, 0.05) is 46.3 Å². The summed E-state index contributed by atoms with van der Waals surface area (Å²) in [5, 5.41) is 3.35. The number of hydrogen-bond acceptors (Lipinski definition) is 3. The van der Waals surface area contributed by atoms with E-state index in [9.17, 15) is 4.39 Å². The van der Waals surface area contributed by atoms with Crippen molar-refractivity contribution in [2.24, 2.45) is 10.9 Å². The van der Waals surface area contributed by atoms with Crippen molar-refractivity contribution in [3.8, 4) is 5.75 Å². The van der Waals surface area contributed by atoms with E-state index >= 15 is 0 Å². The average Bonchev–Trinajstić information content (AvgIpc) is 2.67. The largest absolute Gasteiger partial charge is 0.494 e. The fourth-order valence-corrected chi connectivity index (χ4v) is 2.96. The fraction of sp³-hybridized carbons (Fsp3) is 0.650. The highest BCUT2D eigenvalue weighted by atomic mass is 19.1. The van der Waals surface area contributed by atoms with E-state index in [-0.39, 0.29) is 5.82 Å². The van der Waals surface area contributed by atoms with Gasteiger partial charge in [-0.2, -0.15) is 0 Å². The number of halogens is 1. The molecule has 1 aliphatic rings. The maximum absolute atomic E-state index is 12.9. The summed E-state index contributed by atoms with van der Waals surface area (Å²) in [5.74, 6) is 2.15. The molecular formula is C20H32FN3O2. The molecule has 0 saturated carbocycles. The van der Waals surface area contributed by atoms with Crippen molar-refractivity contribution in [1.82, 2.24) is 10.2 Å². The van der Waals surface area contributed by atoms with Crippen molar-refractivity contribution >= 4 is 5.96 Å². The Hall–Kier alpha value is -1.82. The molecule has 146 valence electrons. The molecular weight excluding hydrogens is 333 g/mol. The fourth-order valence-electron chi connectivity index (χ4n) is 2.96. The molecule has 0 atom stereocenters. The predicted octanol–water partition coefficient (Wildman–Crippen LogP) is 3.31. The van der Waals surface area contributed by atoms with Gasteiger partial charge in [-0.1, -0.05) is 0 Å². The Bertz CT molecular complexity index is 530. The monoisotopic (exact) mass is 365 g/mol. The van der Waals surface area contributed by atoms with Crippen molar-refractivity contribution in [2.75, 3.05) is 46.5 Å². The Kier molecular flexibility index (Phi) is 9.24. The van der Waals surface area contributed by atoms with E-state index in [0.717, 1.165) is 44.6 Å². The van der Waals surface area contributed by atoms with E-state index in [1.54, 1.807) is 12.1 Å². The van der Waals surface area contributed by atoms with Gasteiger partial charge in [0.05, 0.1) is 6.61 Å². The highest BCUT2D eigenvalue weighted by Gasteiger charge is 2.15. The molecule has 1 saturated heterocycles. The van der Waals surface area contributed by atoms with E-state index in [1.807, 2.05) is 0 Å². The van der Waals surface area contributed by atoms with E-state index in [1.165, 1.54) is 31.4 Å². The van der Waals surface area contributed by atoms with Gasteiger partial charge in [-0.15, -0.1) is 0 Å². The Morgan fingerprint density at radius 2 is 2.04 bits per heavy atom. The van der Waals surface area contributed by atoms with E-state index < -0.39 is 0 Å². The van der Waals surface area contributed by atoms with Crippen LogP contribution in [0.15, 0.2) is 29.3 Å². The molecule has 0 unspecified atom stereocenters. The van der Waals surface area contributed by atoms with Crippen LogP contribution >= 0.6 is 0 Å². The zero-order valence-corrected chi connectivity index (χ0v) is 16.0. The first-order valence-corrected chi connectivity index (χ1v) is 9.64. The van der Waals surface area contributed by atoms with Gasteiger partial charge in [0.25, 0.3) is 0 Å². The lowest BCUT2D eigenvalue weighted by Gasteiger charge is -2.26. The number of nitrogens with zero attached hydrogens (tertiary/aromatic N) is 2. The van der Waals surface area contributed by atoms with Crippen LogP contribution in [0.25, 0.3) is 0 Å². The summed E-state index contributed by atoms with van der Waals surface area (Å²) in [5.41, 5.74) is 0. The van der Waals surface area contributed by atoms with Crippen molar-refractivity contribution in [3.05, 3.63) is 30.1 Å². The molecule has 0 spiro atoms. The Morgan fingerprint density at radius 3 is 2.73 bits per heavy atom. The van der Waals surface area contributed by atoms with Crippen LogP contribution < -0.4 is 10.1 Å². The van der Waals surface area contributed by atoms with Gasteiger partial charge in [0.2, 0.25) is 0 Å². The van der Waals surface area contributed by atoms with Crippen molar-refractivity contribution in [1.29, 1.82) is 0 Å².